The summed E-state index contributed by atoms with van der Waals surface area (Å²) in [6.45, 7) is 0.0622. The predicted molar refractivity (Wildman–Crippen MR) is 87.9 cm³/mol. The molecule has 3 heterocycles. The molecule has 2 bridgehead atoms. The van der Waals surface area contributed by atoms with Crippen molar-refractivity contribution in [2.75, 3.05) is 13.6 Å². The number of urea groups is 1. The first-order chi connectivity index (χ1) is 12.7. The maximum absolute atomic E-state index is 12.5. The summed E-state index contributed by atoms with van der Waals surface area (Å²) in [5, 5.41) is 1.53. The summed E-state index contributed by atoms with van der Waals surface area (Å²) in [5.74, 6) is -1.09. The standard InChI is InChI=1S/C14H17N5O7S/c1-17(13(21)9-3-2-6-15-7-9)16-12(20)11-5-4-10-8-18(11)14(22)19(10)26-27(23,24)25/h2-3,6-7,10-11H,4-5,8H2,1H3,(H,16,20)(H,23,24,25)/t10?,11-/m0/s1. The Morgan fingerprint density at radius 3 is 2.78 bits per heavy atom. The first-order valence-corrected chi connectivity index (χ1v) is 9.29. The van der Waals surface area contributed by atoms with E-state index >= 15 is 0 Å². The van der Waals surface area contributed by atoms with Gasteiger partial charge in [-0.25, -0.2) is 4.79 Å². The van der Waals surface area contributed by atoms with Crippen molar-refractivity contribution >= 4 is 28.2 Å². The quantitative estimate of drug-likeness (QED) is 0.493. The fourth-order valence-corrected chi connectivity index (χ4v) is 3.47. The van der Waals surface area contributed by atoms with Crippen LogP contribution in [-0.4, -0.2) is 76.4 Å². The molecular weight excluding hydrogens is 382 g/mol. The number of carbonyl (C=O) groups is 3. The van der Waals surface area contributed by atoms with Gasteiger partial charge in [0.05, 0.1) is 11.6 Å². The average Bonchev–Trinajstić information content (AvgIpc) is 2.85. The lowest BCUT2D eigenvalue weighted by molar-refractivity contribution is -0.129. The third-order valence-corrected chi connectivity index (χ3v) is 4.64. The first-order valence-electron chi connectivity index (χ1n) is 7.93. The monoisotopic (exact) mass is 399 g/mol. The van der Waals surface area contributed by atoms with Gasteiger partial charge in [-0.3, -0.25) is 29.6 Å². The number of fused-ring (bicyclic) bond motifs is 2. The van der Waals surface area contributed by atoms with Gasteiger partial charge in [-0.1, -0.05) is 0 Å². The van der Waals surface area contributed by atoms with Gasteiger partial charge in [-0.05, 0) is 25.0 Å². The first kappa shape index (κ1) is 19.0. The van der Waals surface area contributed by atoms with Crippen LogP contribution in [0.2, 0.25) is 0 Å². The molecule has 0 spiro atoms. The van der Waals surface area contributed by atoms with Crippen molar-refractivity contribution in [2.45, 2.75) is 24.9 Å². The molecule has 27 heavy (non-hydrogen) atoms. The Balaban J connectivity index is 1.66. The highest BCUT2D eigenvalue weighted by molar-refractivity contribution is 7.80. The molecule has 0 aliphatic carbocycles. The lowest BCUT2D eigenvalue weighted by Crippen LogP contribution is -2.54. The highest BCUT2D eigenvalue weighted by atomic mass is 32.3. The Morgan fingerprint density at radius 2 is 2.15 bits per heavy atom. The van der Waals surface area contributed by atoms with E-state index in [1.165, 1.54) is 25.5 Å². The van der Waals surface area contributed by atoms with Crippen LogP contribution in [0.25, 0.3) is 0 Å². The van der Waals surface area contributed by atoms with Gasteiger partial charge in [0.15, 0.2) is 0 Å². The Labute approximate surface area is 154 Å². The molecule has 1 aromatic rings. The van der Waals surface area contributed by atoms with Gasteiger partial charge < -0.3 is 4.90 Å². The molecule has 2 N–H and O–H groups in total. The number of nitrogens with one attached hydrogen (secondary N) is 1. The van der Waals surface area contributed by atoms with E-state index in [1.807, 2.05) is 0 Å². The number of hydrogen-bond acceptors (Lipinski definition) is 7. The van der Waals surface area contributed by atoms with Gasteiger partial charge in [0.2, 0.25) is 0 Å². The van der Waals surface area contributed by atoms with Crippen molar-refractivity contribution in [3.8, 4) is 0 Å². The van der Waals surface area contributed by atoms with E-state index in [-0.39, 0.29) is 24.9 Å². The van der Waals surface area contributed by atoms with Crippen LogP contribution in [0.3, 0.4) is 0 Å². The van der Waals surface area contributed by atoms with Crippen LogP contribution >= 0.6 is 0 Å². The molecule has 2 aliphatic rings. The van der Waals surface area contributed by atoms with Crippen LogP contribution in [-0.2, 0) is 19.5 Å². The SMILES string of the molecule is CN(NC(=O)[C@@H]1CCC2CN1C(=O)N2OS(=O)(=O)O)C(=O)c1cccnc1. The Hall–Kier alpha value is -2.77. The largest absolute Gasteiger partial charge is 0.418 e. The zero-order valence-electron chi connectivity index (χ0n) is 14.2. The molecule has 0 saturated carbocycles. The van der Waals surface area contributed by atoms with Crippen LogP contribution in [0.5, 0.6) is 0 Å². The molecule has 0 radical (unpaired) electrons. The molecule has 4 amide bonds. The Kier molecular flexibility index (Phi) is 4.99. The highest BCUT2D eigenvalue weighted by Gasteiger charge is 2.49. The van der Waals surface area contributed by atoms with Crippen molar-refractivity contribution < 1.29 is 31.6 Å². The molecule has 12 nitrogen and oxygen atoms in total. The van der Waals surface area contributed by atoms with Gasteiger partial charge >= 0.3 is 16.4 Å². The van der Waals surface area contributed by atoms with Crippen molar-refractivity contribution in [2.24, 2.45) is 0 Å². The Morgan fingerprint density at radius 1 is 1.41 bits per heavy atom. The number of carbonyl (C=O) groups excluding carboxylic acids is 3. The van der Waals surface area contributed by atoms with E-state index in [0.29, 0.717) is 5.06 Å². The molecule has 2 aliphatic heterocycles. The van der Waals surface area contributed by atoms with E-state index in [1.54, 1.807) is 6.07 Å². The minimum Gasteiger partial charge on any atom is -0.309 e. The van der Waals surface area contributed by atoms with Crippen molar-refractivity contribution in [3.05, 3.63) is 30.1 Å². The molecule has 2 atom stereocenters. The van der Waals surface area contributed by atoms with E-state index in [9.17, 15) is 22.8 Å². The van der Waals surface area contributed by atoms with Crippen LogP contribution < -0.4 is 5.43 Å². The fourth-order valence-electron chi connectivity index (χ4n) is 3.08. The van der Waals surface area contributed by atoms with E-state index < -0.39 is 40.3 Å². The lowest BCUT2D eigenvalue weighted by Gasteiger charge is -2.30. The second-order valence-electron chi connectivity index (χ2n) is 6.09. The summed E-state index contributed by atoms with van der Waals surface area (Å²) in [4.78, 5) is 42.1. The van der Waals surface area contributed by atoms with E-state index in [4.69, 9.17) is 4.55 Å². The number of aromatic nitrogens is 1. The van der Waals surface area contributed by atoms with Gasteiger partial charge in [0.1, 0.15) is 6.04 Å². The molecule has 1 aromatic heterocycles. The predicted octanol–water partition coefficient (Wildman–Crippen LogP) is -0.812. The topological polar surface area (TPSA) is 149 Å². The molecule has 0 aromatic carbocycles. The molecule has 2 fully saturated rings. The second kappa shape index (κ2) is 7.09. The summed E-state index contributed by atoms with van der Waals surface area (Å²) >= 11 is 0. The van der Waals surface area contributed by atoms with Crippen LogP contribution in [0, 0.1) is 0 Å². The minimum atomic E-state index is -4.86. The molecule has 146 valence electrons. The van der Waals surface area contributed by atoms with Crippen LogP contribution in [0.4, 0.5) is 4.79 Å². The summed E-state index contributed by atoms with van der Waals surface area (Å²) in [7, 11) is -3.50. The number of amides is 4. The third-order valence-electron chi connectivity index (χ3n) is 4.29. The molecule has 3 rings (SSSR count). The maximum atomic E-state index is 12.5. The van der Waals surface area contributed by atoms with Crippen LogP contribution in [0.1, 0.15) is 23.2 Å². The molecule has 13 heteroatoms. The number of piperidine rings is 1. The number of hydrazine groups is 1. The van der Waals surface area contributed by atoms with E-state index in [2.05, 4.69) is 14.7 Å². The highest BCUT2D eigenvalue weighted by Crippen LogP contribution is 2.30. The Bertz CT molecular complexity index is 862. The third kappa shape index (κ3) is 3.99. The van der Waals surface area contributed by atoms with Gasteiger partial charge in [0.25, 0.3) is 11.8 Å². The summed E-state index contributed by atoms with van der Waals surface area (Å²) < 4.78 is 34.9. The normalized spacial score (nSPS) is 21.9. The minimum absolute atomic E-state index is 0.0622. The van der Waals surface area contributed by atoms with Crippen LogP contribution in [0.15, 0.2) is 24.5 Å². The zero-order valence-corrected chi connectivity index (χ0v) is 15.0. The molecule has 2 saturated heterocycles. The lowest BCUT2D eigenvalue weighted by atomic mass is 10.0. The second-order valence-corrected chi connectivity index (χ2v) is 7.10. The summed E-state index contributed by atoms with van der Waals surface area (Å²) in [5.41, 5.74) is 2.68. The number of hydrogen-bond donors (Lipinski definition) is 2. The fraction of sp³-hybridized carbons (Fsp3) is 0.429. The molecular formula is C14H17N5O7S. The van der Waals surface area contributed by atoms with Crippen molar-refractivity contribution in [1.82, 2.24) is 25.4 Å². The molecule has 1 unspecified atom stereocenters. The summed E-state index contributed by atoms with van der Waals surface area (Å²) in [6.07, 6.45) is 3.39. The average molecular weight is 399 g/mol. The smallest absolute Gasteiger partial charge is 0.309 e. The van der Waals surface area contributed by atoms with Gasteiger partial charge in [-0.15, -0.1) is 4.28 Å². The number of nitrogens with zero attached hydrogens (tertiary/aromatic N) is 4. The zero-order chi connectivity index (χ0) is 19.8. The van der Waals surface area contributed by atoms with E-state index in [0.717, 1.165) is 9.91 Å². The van der Waals surface area contributed by atoms with Gasteiger partial charge in [0, 0.05) is 26.0 Å². The number of rotatable bonds is 4. The van der Waals surface area contributed by atoms with Gasteiger partial charge in [-0.2, -0.15) is 13.5 Å². The van der Waals surface area contributed by atoms with Crippen molar-refractivity contribution in [1.29, 1.82) is 0 Å². The number of hydroxylamine groups is 2. The number of pyridine rings is 1. The maximum Gasteiger partial charge on any atom is 0.418 e. The van der Waals surface area contributed by atoms with Crippen molar-refractivity contribution in [3.63, 3.8) is 0 Å². The summed E-state index contributed by atoms with van der Waals surface area (Å²) in [6, 6.07) is 0.761.